The van der Waals surface area contributed by atoms with Crippen molar-refractivity contribution in [2.75, 3.05) is 4.90 Å². The molecular weight excluding hydrogens is 304 g/mol. The lowest BCUT2D eigenvalue weighted by molar-refractivity contribution is -0.122. The Balaban J connectivity index is 2.27. The van der Waals surface area contributed by atoms with Gasteiger partial charge >= 0.3 is 0 Å². The molecule has 0 aliphatic carbocycles. The first-order valence-electron chi connectivity index (χ1n) is 6.49. The fraction of sp³-hybridized carbons (Fsp3) is 0.0625. The normalized spacial score (nSPS) is 15.7. The molecule has 3 rings (SSSR count). The van der Waals surface area contributed by atoms with Crippen LogP contribution < -0.4 is 4.90 Å². The number of aliphatic hydroxyl groups excluding tert-OH is 1. The van der Waals surface area contributed by atoms with Gasteiger partial charge in [0.15, 0.2) is 0 Å². The minimum atomic E-state index is -0.578. The Morgan fingerprint density at radius 3 is 2.73 bits per heavy atom. The fourth-order valence-corrected chi connectivity index (χ4v) is 2.59. The number of anilines is 1. The zero-order valence-corrected chi connectivity index (χ0v) is 12.3. The van der Waals surface area contributed by atoms with E-state index < -0.39 is 11.8 Å². The van der Waals surface area contributed by atoms with Gasteiger partial charge in [-0.25, -0.2) is 4.90 Å². The second-order valence-corrected chi connectivity index (χ2v) is 5.22. The van der Waals surface area contributed by atoms with Gasteiger partial charge in [0.05, 0.1) is 11.3 Å². The van der Waals surface area contributed by atoms with Gasteiger partial charge in [-0.3, -0.25) is 14.6 Å². The van der Waals surface area contributed by atoms with E-state index in [1.807, 2.05) is 0 Å². The molecule has 110 valence electrons. The average Bonchev–Trinajstić information content (AvgIpc) is 2.78. The van der Waals surface area contributed by atoms with Crippen molar-refractivity contribution in [3.05, 3.63) is 58.9 Å². The summed E-state index contributed by atoms with van der Waals surface area (Å²) in [5.41, 5.74) is 1.30. The summed E-state index contributed by atoms with van der Waals surface area (Å²) < 4.78 is 0. The van der Waals surface area contributed by atoms with Crippen LogP contribution in [0.4, 0.5) is 5.69 Å². The van der Waals surface area contributed by atoms with Gasteiger partial charge in [-0.1, -0.05) is 17.7 Å². The number of benzene rings is 1. The van der Waals surface area contributed by atoms with E-state index in [4.69, 9.17) is 11.6 Å². The molecular formula is C16H11ClN2O3. The molecule has 0 radical (unpaired) electrons. The Morgan fingerprint density at radius 2 is 2.09 bits per heavy atom. The molecule has 5 nitrogen and oxygen atoms in total. The molecule has 1 aromatic carbocycles. The van der Waals surface area contributed by atoms with Gasteiger partial charge in [0.1, 0.15) is 5.76 Å². The number of aromatic nitrogens is 1. The topological polar surface area (TPSA) is 70.5 Å². The first-order chi connectivity index (χ1) is 10.5. The van der Waals surface area contributed by atoms with E-state index in [0.717, 1.165) is 4.90 Å². The van der Waals surface area contributed by atoms with Crippen LogP contribution in [0, 0.1) is 0 Å². The molecule has 1 aliphatic heterocycles. The monoisotopic (exact) mass is 314 g/mol. The molecule has 2 amide bonds. The quantitative estimate of drug-likeness (QED) is 0.648. The Bertz CT molecular complexity index is 815. The van der Waals surface area contributed by atoms with Crippen molar-refractivity contribution in [1.82, 2.24) is 4.98 Å². The molecule has 0 saturated carbocycles. The number of rotatable bonds is 1. The third-order valence-electron chi connectivity index (χ3n) is 3.37. The maximum atomic E-state index is 12.6. The highest BCUT2D eigenvalue weighted by Gasteiger charge is 2.37. The highest BCUT2D eigenvalue weighted by atomic mass is 35.5. The van der Waals surface area contributed by atoms with E-state index in [1.54, 1.807) is 30.5 Å². The molecule has 0 unspecified atom stereocenters. The number of aliphatic hydroxyl groups is 1. The van der Waals surface area contributed by atoms with Crippen LogP contribution in [-0.4, -0.2) is 21.9 Å². The Kier molecular flexibility index (Phi) is 3.42. The van der Waals surface area contributed by atoms with Crippen LogP contribution in [0.3, 0.4) is 0 Å². The lowest BCUT2D eigenvalue weighted by atomic mass is 10.0. The van der Waals surface area contributed by atoms with E-state index in [2.05, 4.69) is 4.98 Å². The smallest absolute Gasteiger partial charge is 0.269 e. The third-order valence-corrected chi connectivity index (χ3v) is 3.61. The van der Waals surface area contributed by atoms with Crippen molar-refractivity contribution in [2.24, 2.45) is 0 Å². The summed E-state index contributed by atoms with van der Waals surface area (Å²) >= 11 is 5.95. The minimum Gasteiger partial charge on any atom is -0.506 e. The van der Waals surface area contributed by atoms with Crippen LogP contribution in [0.1, 0.15) is 18.1 Å². The van der Waals surface area contributed by atoms with E-state index >= 15 is 0 Å². The van der Waals surface area contributed by atoms with Gasteiger partial charge in [-0.05, 0) is 24.3 Å². The van der Waals surface area contributed by atoms with Crippen LogP contribution in [0.25, 0.3) is 11.3 Å². The van der Waals surface area contributed by atoms with Crippen molar-refractivity contribution in [3.8, 4) is 0 Å². The standard InChI is InChI=1S/C16H11ClN2O3/c1-9(20)19-13-7-11(17)4-5-12(13)14(16(19)22)15(21)10-3-2-6-18-8-10/h2-8,21H,1H3/b15-14+. The van der Waals surface area contributed by atoms with Crippen molar-refractivity contribution < 1.29 is 14.7 Å². The lowest BCUT2D eigenvalue weighted by Gasteiger charge is -2.12. The number of carbonyl (C=O) groups is 2. The molecule has 1 aliphatic rings. The highest BCUT2D eigenvalue weighted by molar-refractivity contribution is 6.43. The summed E-state index contributed by atoms with van der Waals surface area (Å²) in [7, 11) is 0. The molecule has 1 aromatic heterocycles. The van der Waals surface area contributed by atoms with Gasteiger partial charge in [0, 0.05) is 35.5 Å². The molecule has 0 bridgehead atoms. The fourth-order valence-electron chi connectivity index (χ4n) is 2.43. The first-order valence-corrected chi connectivity index (χ1v) is 6.87. The van der Waals surface area contributed by atoms with Crippen LogP contribution in [-0.2, 0) is 9.59 Å². The molecule has 6 heteroatoms. The number of carbonyl (C=O) groups excluding carboxylic acids is 2. The second-order valence-electron chi connectivity index (χ2n) is 4.79. The Labute approximate surface area is 131 Å². The number of amides is 2. The summed E-state index contributed by atoms with van der Waals surface area (Å²) in [5, 5.41) is 10.9. The maximum Gasteiger partial charge on any atom is 0.269 e. The van der Waals surface area contributed by atoms with Gasteiger partial charge in [-0.15, -0.1) is 0 Å². The van der Waals surface area contributed by atoms with E-state index in [0.29, 0.717) is 21.8 Å². The van der Waals surface area contributed by atoms with Crippen molar-refractivity contribution in [1.29, 1.82) is 0 Å². The van der Waals surface area contributed by atoms with Crippen LogP contribution in [0.15, 0.2) is 42.7 Å². The molecule has 22 heavy (non-hydrogen) atoms. The maximum absolute atomic E-state index is 12.6. The number of pyridine rings is 1. The summed E-state index contributed by atoms with van der Waals surface area (Å²) in [4.78, 5) is 29.3. The predicted molar refractivity (Wildman–Crippen MR) is 83.3 cm³/mol. The zero-order valence-electron chi connectivity index (χ0n) is 11.6. The van der Waals surface area contributed by atoms with Crippen LogP contribution in [0.5, 0.6) is 0 Å². The van der Waals surface area contributed by atoms with E-state index in [-0.39, 0.29) is 11.3 Å². The Hall–Kier alpha value is -2.66. The molecule has 0 fully saturated rings. The van der Waals surface area contributed by atoms with Gasteiger partial charge < -0.3 is 5.11 Å². The van der Waals surface area contributed by atoms with Crippen molar-refractivity contribution >= 4 is 40.4 Å². The molecule has 1 N–H and O–H groups in total. The summed E-state index contributed by atoms with van der Waals surface area (Å²) in [6, 6.07) is 8.03. The molecule has 0 spiro atoms. The average molecular weight is 315 g/mol. The lowest BCUT2D eigenvalue weighted by Crippen LogP contribution is -2.31. The van der Waals surface area contributed by atoms with Crippen molar-refractivity contribution in [2.45, 2.75) is 6.92 Å². The number of imide groups is 1. The van der Waals surface area contributed by atoms with E-state index in [1.165, 1.54) is 19.2 Å². The van der Waals surface area contributed by atoms with Crippen LogP contribution >= 0.6 is 11.6 Å². The number of nitrogens with zero attached hydrogens (tertiary/aromatic N) is 2. The molecule has 0 atom stereocenters. The number of fused-ring (bicyclic) bond motifs is 1. The van der Waals surface area contributed by atoms with Crippen LogP contribution in [0.2, 0.25) is 5.02 Å². The number of hydrogen-bond acceptors (Lipinski definition) is 4. The van der Waals surface area contributed by atoms with Gasteiger partial charge in [0.2, 0.25) is 5.91 Å². The second kappa shape index (κ2) is 5.27. The largest absolute Gasteiger partial charge is 0.506 e. The first kappa shape index (κ1) is 14.3. The molecule has 2 aromatic rings. The SMILES string of the molecule is CC(=O)N1C(=O)/C(=C(/O)c2cccnc2)c2ccc(Cl)cc21. The minimum absolute atomic E-state index is 0.0647. The van der Waals surface area contributed by atoms with Crippen molar-refractivity contribution in [3.63, 3.8) is 0 Å². The highest BCUT2D eigenvalue weighted by Crippen LogP contribution is 2.41. The molecule has 0 saturated heterocycles. The summed E-state index contributed by atoms with van der Waals surface area (Å²) in [5.74, 6) is -1.24. The number of hydrogen-bond donors (Lipinski definition) is 1. The van der Waals surface area contributed by atoms with Gasteiger partial charge in [-0.2, -0.15) is 0 Å². The van der Waals surface area contributed by atoms with E-state index in [9.17, 15) is 14.7 Å². The zero-order chi connectivity index (χ0) is 15.9. The van der Waals surface area contributed by atoms with Gasteiger partial charge in [0.25, 0.3) is 5.91 Å². The third kappa shape index (κ3) is 2.16. The predicted octanol–water partition coefficient (Wildman–Crippen LogP) is 3.05. The number of halogens is 1. The summed E-state index contributed by atoms with van der Waals surface area (Å²) in [6.45, 7) is 1.28. The molecule has 2 heterocycles. The summed E-state index contributed by atoms with van der Waals surface area (Å²) in [6.07, 6.45) is 3.01. The Morgan fingerprint density at radius 1 is 1.32 bits per heavy atom.